The number of hydrazine groups is 1. The third-order valence-corrected chi connectivity index (χ3v) is 4.35. The zero-order chi connectivity index (χ0) is 22.0. The van der Waals surface area contributed by atoms with E-state index >= 15 is 0 Å². The molecule has 0 bridgehead atoms. The molecule has 0 atom stereocenters. The number of carbonyl (C=O) groups is 3. The van der Waals surface area contributed by atoms with Crippen LogP contribution in [0.5, 0.6) is 5.75 Å². The fourth-order valence-corrected chi connectivity index (χ4v) is 2.86. The van der Waals surface area contributed by atoms with Gasteiger partial charge in [0, 0.05) is 17.7 Å². The number of aryl methyl sites for hydroxylation is 1. The monoisotopic (exact) mass is 411 g/mol. The molecule has 1 aliphatic rings. The summed E-state index contributed by atoms with van der Waals surface area (Å²) < 4.78 is 4.89. The highest BCUT2D eigenvalue weighted by atomic mass is 16.6. The number of benzene rings is 2. The Balaban J connectivity index is 1.92. The molecule has 10 heteroatoms. The van der Waals surface area contributed by atoms with Gasteiger partial charge >= 0.3 is 5.97 Å². The first-order valence-corrected chi connectivity index (χ1v) is 8.85. The SMILES string of the molecule is CCOC(=O)c1ccc(N2NC(=O)/C(=C\c3cc([N+](=O)[O-])cc(C)c3O)C2=O)cc1. The molecule has 1 heterocycles. The summed E-state index contributed by atoms with van der Waals surface area (Å²) in [6, 6.07) is 8.08. The van der Waals surface area contributed by atoms with Gasteiger partial charge in [0.1, 0.15) is 11.3 Å². The van der Waals surface area contributed by atoms with Crippen LogP contribution in [0.3, 0.4) is 0 Å². The number of nitro groups is 1. The first kappa shape index (κ1) is 20.5. The number of hydrogen-bond donors (Lipinski definition) is 2. The summed E-state index contributed by atoms with van der Waals surface area (Å²) >= 11 is 0. The predicted octanol–water partition coefficient (Wildman–Crippen LogP) is 2.25. The molecule has 1 saturated heterocycles. The number of phenols is 1. The van der Waals surface area contributed by atoms with Crippen molar-refractivity contribution in [3.63, 3.8) is 0 Å². The Morgan fingerprint density at radius 2 is 1.93 bits per heavy atom. The largest absolute Gasteiger partial charge is 0.507 e. The van der Waals surface area contributed by atoms with E-state index in [0.717, 1.165) is 17.2 Å². The van der Waals surface area contributed by atoms with E-state index in [4.69, 9.17) is 4.74 Å². The Morgan fingerprint density at radius 1 is 1.27 bits per heavy atom. The second-order valence-corrected chi connectivity index (χ2v) is 6.36. The molecule has 154 valence electrons. The van der Waals surface area contributed by atoms with Crippen molar-refractivity contribution >= 4 is 35.2 Å². The van der Waals surface area contributed by atoms with Crippen molar-refractivity contribution in [2.75, 3.05) is 11.6 Å². The third-order valence-electron chi connectivity index (χ3n) is 4.35. The van der Waals surface area contributed by atoms with E-state index < -0.39 is 22.7 Å². The molecule has 0 unspecified atom stereocenters. The van der Waals surface area contributed by atoms with Crippen LogP contribution in [-0.4, -0.2) is 34.4 Å². The van der Waals surface area contributed by atoms with Gasteiger partial charge < -0.3 is 9.84 Å². The Labute approximate surface area is 170 Å². The van der Waals surface area contributed by atoms with Crippen molar-refractivity contribution in [3.05, 3.63) is 68.8 Å². The second kappa shape index (κ2) is 8.03. The molecule has 2 N–H and O–H groups in total. The number of esters is 1. The van der Waals surface area contributed by atoms with Crippen LogP contribution in [0.1, 0.15) is 28.4 Å². The number of aromatic hydroxyl groups is 1. The summed E-state index contributed by atoms with van der Waals surface area (Å²) in [5.74, 6) is -2.24. The Hall–Kier alpha value is -4.21. The van der Waals surface area contributed by atoms with E-state index in [2.05, 4.69) is 5.43 Å². The van der Waals surface area contributed by atoms with Crippen LogP contribution in [0.4, 0.5) is 11.4 Å². The van der Waals surface area contributed by atoms with Gasteiger partial charge in [-0.15, -0.1) is 0 Å². The van der Waals surface area contributed by atoms with Crippen LogP contribution in [0.25, 0.3) is 6.08 Å². The number of carbonyl (C=O) groups excluding carboxylic acids is 3. The number of nitrogens with zero attached hydrogens (tertiary/aromatic N) is 2. The maximum absolute atomic E-state index is 12.7. The molecular formula is C20H17N3O7. The van der Waals surface area contributed by atoms with Crippen molar-refractivity contribution in [1.82, 2.24) is 5.43 Å². The van der Waals surface area contributed by atoms with Gasteiger partial charge in [-0.1, -0.05) is 0 Å². The predicted molar refractivity (Wildman–Crippen MR) is 106 cm³/mol. The van der Waals surface area contributed by atoms with Crippen molar-refractivity contribution in [1.29, 1.82) is 0 Å². The number of nitrogens with one attached hydrogen (secondary N) is 1. The minimum absolute atomic E-state index is 0.0280. The smallest absolute Gasteiger partial charge is 0.338 e. The molecule has 2 amide bonds. The first-order chi connectivity index (χ1) is 14.2. The highest BCUT2D eigenvalue weighted by Crippen LogP contribution is 2.31. The molecule has 1 fully saturated rings. The second-order valence-electron chi connectivity index (χ2n) is 6.36. The molecule has 0 aromatic heterocycles. The maximum atomic E-state index is 12.7. The molecule has 10 nitrogen and oxygen atoms in total. The normalized spacial score (nSPS) is 14.7. The van der Waals surface area contributed by atoms with Gasteiger partial charge in [-0.05, 0) is 49.8 Å². The van der Waals surface area contributed by atoms with Crippen LogP contribution in [0.15, 0.2) is 42.0 Å². The summed E-state index contributed by atoms with van der Waals surface area (Å²) in [6.07, 6.45) is 1.10. The zero-order valence-corrected chi connectivity index (χ0v) is 16.0. The molecule has 3 rings (SSSR count). The number of rotatable bonds is 5. The molecule has 0 saturated carbocycles. The maximum Gasteiger partial charge on any atom is 0.338 e. The number of ether oxygens (including phenoxy) is 1. The topological polar surface area (TPSA) is 139 Å². The first-order valence-electron chi connectivity index (χ1n) is 8.85. The van der Waals surface area contributed by atoms with Crippen LogP contribution in [-0.2, 0) is 14.3 Å². The van der Waals surface area contributed by atoms with Crippen LogP contribution >= 0.6 is 0 Å². The van der Waals surface area contributed by atoms with E-state index in [1.54, 1.807) is 6.92 Å². The van der Waals surface area contributed by atoms with Gasteiger partial charge in [-0.25, -0.2) is 9.80 Å². The van der Waals surface area contributed by atoms with Gasteiger partial charge in [-0.2, -0.15) is 0 Å². The summed E-state index contributed by atoms with van der Waals surface area (Å²) in [6.45, 7) is 3.37. The fourth-order valence-electron chi connectivity index (χ4n) is 2.86. The van der Waals surface area contributed by atoms with E-state index in [9.17, 15) is 29.6 Å². The van der Waals surface area contributed by atoms with Crippen LogP contribution in [0, 0.1) is 17.0 Å². The van der Waals surface area contributed by atoms with Crippen molar-refractivity contribution in [3.8, 4) is 5.75 Å². The van der Waals surface area contributed by atoms with E-state index in [1.807, 2.05) is 0 Å². The van der Waals surface area contributed by atoms with Crippen LogP contribution in [0.2, 0.25) is 0 Å². The number of anilines is 1. The number of amides is 2. The zero-order valence-electron chi connectivity index (χ0n) is 16.0. The Bertz CT molecular complexity index is 1090. The van der Waals surface area contributed by atoms with Gasteiger partial charge in [-0.3, -0.25) is 25.1 Å². The number of hydrogen-bond acceptors (Lipinski definition) is 7. The van der Waals surface area contributed by atoms with E-state index in [0.29, 0.717) is 5.69 Å². The average molecular weight is 411 g/mol. The van der Waals surface area contributed by atoms with Gasteiger partial charge in [0.05, 0.1) is 22.8 Å². The standard InChI is InChI=1S/C20H17N3O7/c1-3-30-20(27)12-4-6-14(7-5-12)22-19(26)16(18(25)21-22)10-13-9-15(23(28)29)8-11(2)17(13)24/h4-10,24H,3H2,1-2H3,(H,21,25)/b16-10+. The van der Waals surface area contributed by atoms with Crippen molar-refractivity contribution in [2.24, 2.45) is 0 Å². The highest BCUT2D eigenvalue weighted by Gasteiger charge is 2.35. The molecule has 2 aromatic rings. The molecule has 1 aliphatic heterocycles. The van der Waals surface area contributed by atoms with Crippen LogP contribution < -0.4 is 10.4 Å². The summed E-state index contributed by atoms with van der Waals surface area (Å²) in [5, 5.41) is 22.2. The molecular weight excluding hydrogens is 394 g/mol. The summed E-state index contributed by atoms with van der Waals surface area (Å²) in [5.41, 5.74) is 2.57. The number of phenolic OH excluding ortho intramolecular Hbond substituents is 1. The summed E-state index contributed by atoms with van der Waals surface area (Å²) in [7, 11) is 0. The number of non-ortho nitro benzene ring substituents is 1. The molecule has 0 radical (unpaired) electrons. The number of nitro benzene ring substituents is 1. The molecule has 0 spiro atoms. The van der Waals surface area contributed by atoms with Gasteiger partial charge in [0.2, 0.25) is 0 Å². The molecule has 2 aromatic carbocycles. The highest BCUT2D eigenvalue weighted by molar-refractivity contribution is 6.31. The lowest BCUT2D eigenvalue weighted by Gasteiger charge is -2.14. The Kier molecular flexibility index (Phi) is 5.50. The van der Waals surface area contributed by atoms with Crippen molar-refractivity contribution in [2.45, 2.75) is 13.8 Å². The molecule has 30 heavy (non-hydrogen) atoms. The minimum Gasteiger partial charge on any atom is -0.507 e. The third kappa shape index (κ3) is 3.83. The lowest BCUT2D eigenvalue weighted by Crippen LogP contribution is -2.35. The van der Waals surface area contributed by atoms with E-state index in [1.165, 1.54) is 37.3 Å². The Morgan fingerprint density at radius 3 is 2.53 bits per heavy atom. The minimum atomic E-state index is -0.738. The lowest BCUT2D eigenvalue weighted by atomic mass is 10.0. The van der Waals surface area contributed by atoms with Gasteiger partial charge in [0.15, 0.2) is 0 Å². The quantitative estimate of drug-likeness (QED) is 0.253. The van der Waals surface area contributed by atoms with Gasteiger partial charge in [0.25, 0.3) is 17.5 Å². The average Bonchev–Trinajstić information content (AvgIpc) is 2.99. The fraction of sp³-hybridized carbons (Fsp3) is 0.150. The summed E-state index contributed by atoms with van der Waals surface area (Å²) in [4.78, 5) is 47.2. The lowest BCUT2D eigenvalue weighted by molar-refractivity contribution is -0.384. The van der Waals surface area contributed by atoms with Crippen molar-refractivity contribution < 1.29 is 29.2 Å². The molecule has 0 aliphatic carbocycles. The van der Waals surface area contributed by atoms with E-state index in [-0.39, 0.29) is 40.3 Å².